The van der Waals surface area contributed by atoms with Gasteiger partial charge in [0, 0.05) is 11.9 Å². The first-order chi connectivity index (χ1) is 6.81. The first kappa shape index (κ1) is 15.2. The zero-order valence-electron chi connectivity index (χ0n) is 10.9. The number of hydrogen-bond donors (Lipinski definition) is 1. The minimum absolute atomic E-state index is 0.254. The van der Waals surface area contributed by atoms with E-state index in [1.165, 1.54) is 6.42 Å². The molecule has 2 nitrogen and oxygen atoms in total. The van der Waals surface area contributed by atoms with E-state index in [1.54, 1.807) is 0 Å². The monoisotopic (exact) mass is 234 g/mol. The summed E-state index contributed by atoms with van der Waals surface area (Å²) in [6.07, 6.45) is 2.25. The number of nitrogens with zero attached hydrogens (tertiary/aromatic N) is 1. The summed E-state index contributed by atoms with van der Waals surface area (Å²) in [5, 5.41) is 3.66. The van der Waals surface area contributed by atoms with Gasteiger partial charge in [-0.15, -0.1) is 11.6 Å². The summed E-state index contributed by atoms with van der Waals surface area (Å²) in [5.41, 5.74) is 0.331. The average Bonchev–Trinajstić information content (AvgIpc) is 1.99. The Balaban J connectivity index is 3.36. The van der Waals surface area contributed by atoms with E-state index in [1.807, 2.05) is 0 Å². The highest BCUT2D eigenvalue weighted by atomic mass is 35.5. The van der Waals surface area contributed by atoms with Crippen LogP contribution in [0.5, 0.6) is 0 Å². The Bertz CT molecular complexity index is 152. The SMILES string of the molecule is CN(C)CCCNCC(Cl)CC(C)(C)C. The molecule has 0 aliphatic heterocycles. The van der Waals surface area contributed by atoms with E-state index in [0.717, 1.165) is 26.1 Å². The minimum atomic E-state index is 0.254. The van der Waals surface area contributed by atoms with Crippen molar-refractivity contribution in [1.29, 1.82) is 0 Å². The summed E-state index contributed by atoms with van der Waals surface area (Å²) in [5.74, 6) is 0. The molecule has 0 radical (unpaired) electrons. The normalized spacial score (nSPS) is 14.6. The Labute approximate surface area is 100 Å². The Kier molecular flexibility index (Phi) is 7.58. The van der Waals surface area contributed by atoms with Crippen molar-refractivity contribution in [3.8, 4) is 0 Å². The van der Waals surface area contributed by atoms with Crippen molar-refractivity contribution < 1.29 is 0 Å². The van der Waals surface area contributed by atoms with Crippen LogP contribution in [0, 0.1) is 5.41 Å². The molecule has 1 N–H and O–H groups in total. The van der Waals surface area contributed by atoms with E-state index >= 15 is 0 Å². The summed E-state index contributed by atoms with van der Waals surface area (Å²) < 4.78 is 0. The molecule has 0 saturated carbocycles. The summed E-state index contributed by atoms with van der Waals surface area (Å²) >= 11 is 6.23. The number of nitrogens with one attached hydrogen (secondary N) is 1. The van der Waals surface area contributed by atoms with Crippen LogP contribution in [0.1, 0.15) is 33.6 Å². The molecule has 0 aromatic carbocycles. The van der Waals surface area contributed by atoms with Gasteiger partial charge in [0.05, 0.1) is 0 Å². The highest BCUT2D eigenvalue weighted by molar-refractivity contribution is 6.20. The fourth-order valence-electron chi connectivity index (χ4n) is 1.52. The molecule has 3 heteroatoms. The lowest BCUT2D eigenvalue weighted by molar-refractivity contribution is 0.360. The summed E-state index contributed by atoms with van der Waals surface area (Å²) in [7, 11) is 4.20. The van der Waals surface area contributed by atoms with Crippen LogP contribution in [0.2, 0.25) is 0 Å². The first-order valence-corrected chi connectivity index (χ1v) is 6.24. The molecule has 1 atom stereocenters. The van der Waals surface area contributed by atoms with E-state index in [9.17, 15) is 0 Å². The predicted octanol–water partition coefficient (Wildman–Crippen LogP) is 2.57. The highest BCUT2D eigenvalue weighted by Crippen LogP contribution is 2.23. The molecule has 0 aliphatic carbocycles. The van der Waals surface area contributed by atoms with E-state index in [2.05, 4.69) is 45.1 Å². The Morgan fingerprint density at radius 3 is 2.33 bits per heavy atom. The lowest BCUT2D eigenvalue weighted by atomic mass is 9.90. The van der Waals surface area contributed by atoms with Gasteiger partial charge in [0.2, 0.25) is 0 Å². The molecule has 0 spiro atoms. The van der Waals surface area contributed by atoms with Crippen LogP contribution in [-0.2, 0) is 0 Å². The second-order valence-corrected chi connectivity index (χ2v) is 6.34. The second kappa shape index (κ2) is 7.48. The van der Waals surface area contributed by atoms with Crippen LogP contribution in [0.15, 0.2) is 0 Å². The van der Waals surface area contributed by atoms with E-state index in [0.29, 0.717) is 5.41 Å². The summed E-state index contributed by atoms with van der Waals surface area (Å²) in [6.45, 7) is 9.81. The Hall–Kier alpha value is 0.210. The lowest BCUT2D eigenvalue weighted by Gasteiger charge is -2.22. The molecule has 0 bridgehead atoms. The van der Waals surface area contributed by atoms with Crippen molar-refractivity contribution >= 4 is 11.6 Å². The van der Waals surface area contributed by atoms with Crippen molar-refractivity contribution in [2.24, 2.45) is 5.41 Å². The largest absolute Gasteiger partial charge is 0.315 e. The van der Waals surface area contributed by atoms with Crippen LogP contribution in [0.25, 0.3) is 0 Å². The van der Waals surface area contributed by atoms with Crippen molar-refractivity contribution in [2.75, 3.05) is 33.7 Å². The maximum Gasteiger partial charge on any atom is 0.0465 e. The van der Waals surface area contributed by atoms with E-state index < -0.39 is 0 Å². The van der Waals surface area contributed by atoms with Crippen LogP contribution in [0.3, 0.4) is 0 Å². The fourth-order valence-corrected chi connectivity index (χ4v) is 2.09. The third kappa shape index (κ3) is 12.1. The molecule has 0 aliphatic rings. The van der Waals surface area contributed by atoms with Gasteiger partial charge in [0.1, 0.15) is 0 Å². The van der Waals surface area contributed by atoms with E-state index in [-0.39, 0.29) is 5.38 Å². The molecule has 0 aromatic heterocycles. The molecule has 15 heavy (non-hydrogen) atoms. The molecule has 0 fully saturated rings. The third-order valence-corrected chi connectivity index (χ3v) is 2.47. The topological polar surface area (TPSA) is 15.3 Å². The van der Waals surface area contributed by atoms with Crippen LogP contribution < -0.4 is 5.32 Å². The van der Waals surface area contributed by atoms with E-state index in [4.69, 9.17) is 11.6 Å². The molecular formula is C12H27ClN2. The second-order valence-electron chi connectivity index (χ2n) is 5.72. The predicted molar refractivity (Wildman–Crippen MR) is 69.8 cm³/mol. The Morgan fingerprint density at radius 1 is 1.27 bits per heavy atom. The zero-order valence-corrected chi connectivity index (χ0v) is 11.7. The van der Waals surface area contributed by atoms with Gasteiger partial charge in [0.25, 0.3) is 0 Å². The number of halogens is 1. The zero-order chi connectivity index (χ0) is 11.9. The third-order valence-electron chi connectivity index (χ3n) is 2.16. The van der Waals surface area contributed by atoms with Gasteiger partial charge in [-0.3, -0.25) is 0 Å². The molecule has 0 rings (SSSR count). The molecule has 1 unspecified atom stereocenters. The minimum Gasteiger partial charge on any atom is -0.315 e. The molecule has 0 amide bonds. The van der Waals surface area contributed by atoms with Crippen LogP contribution >= 0.6 is 11.6 Å². The maximum absolute atomic E-state index is 6.23. The quantitative estimate of drug-likeness (QED) is 0.538. The number of alkyl halides is 1. The lowest BCUT2D eigenvalue weighted by Crippen LogP contribution is -2.28. The molecule has 92 valence electrons. The molecule has 0 saturated heterocycles. The highest BCUT2D eigenvalue weighted by Gasteiger charge is 2.16. The smallest absolute Gasteiger partial charge is 0.0465 e. The van der Waals surface area contributed by atoms with Gasteiger partial charge >= 0.3 is 0 Å². The summed E-state index contributed by atoms with van der Waals surface area (Å²) in [6, 6.07) is 0. The maximum atomic E-state index is 6.23. The van der Waals surface area contributed by atoms with Gasteiger partial charge in [-0.05, 0) is 45.4 Å². The first-order valence-electron chi connectivity index (χ1n) is 5.81. The number of hydrogen-bond acceptors (Lipinski definition) is 2. The summed E-state index contributed by atoms with van der Waals surface area (Å²) in [4.78, 5) is 2.20. The molecular weight excluding hydrogens is 208 g/mol. The van der Waals surface area contributed by atoms with Gasteiger partial charge in [-0.1, -0.05) is 20.8 Å². The van der Waals surface area contributed by atoms with Gasteiger partial charge in [-0.2, -0.15) is 0 Å². The van der Waals surface area contributed by atoms with Crippen molar-refractivity contribution in [3.63, 3.8) is 0 Å². The van der Waals surface area contributed by atoms with Crippen LogP contribution in [0.4, 0.5) is 0 Å². The Morgan fingerprint density at radius 2 is 1.87 bits per heavy atom. The fraction of sp³-hybridized carbons (Fsp3) is 1.00. The van der Waals surface area contributed by atoms with Crippen LogP contribution in [-0.4, -0.2) is 44.0 Å². The van der Waals surface area contributed by atoms with Gasteiger partial charge < -0.3 is 10.2 Å². The molecule has 0 aromatic rings. The average molecular weight is 235 g/mol. The van der Waals surface area contributed by atoms with Crippen molar-refractivity contribution in [1.82, 2.24) is 10.2 Å². The number of rotatable bonds is 7. The van der Waals surface area contributed by atoms with Gasteiger partial charge in [0.15, 0.2) is 0 Å². The molecule has 0 heterocycles. The van der Waals surface area contributed by atoms with Crippen molar-refractivity contribution in [3.05, 3.63) is 0 Å². The van der Waals surface area contributed by atoms with Crippen molar-refractivity contribution in [2.45, 2.75) is 39.0 Å². The standard InChI is InChI=1S/C12H27ClN2/c1-12(2,3)9-11(13)10-14-7-6-8-15(4)5/h11,14H,6-10H2,1-5H3. The van der Waals surface area contributed by atoms with Gasteiger partial charge in [-0.25, -0.2) is 0 Å².